The standard InChI is InChI=1S/C11H21N3O4/c1-9(3-2-4-10(15)16)12-11(17)13-14-5-7-18-8-6-14/h9H,2-8H2,1H3,(H,15,16)(H2,12,13,17). The molecular weight excluding hydrogens is 238 g/mol. The molecule has 3 N–H and O–H groups in total. The van der Waals surface area contributed by atoms with Gasteiger partial charge < -0.3 is 15.2 Å². The summed E-state index contributed by atoms with van der Waals surface area (Å²) in [5.41, 5.74) is 2.74. The van der Waals surface area contributed by atoms with Gasteiger partial charge in [0.2, 0.25) is 0 Å². The van der Waals surface area contributed by atoms with Crippen molar-refractivity contribution in [3.8, 4) is 0 Å². The molecular formula is C11H21N3O4. The minimum Gasteiger partial charge on any atom is -0.481 e. The Bertz CT molecular complexity index is 279. The van der Waals surface area contributed by atoms with E-state index in [0.29, 0.717) is 39.1 Å². The van der Waals surface area contributed by atoms with Crippen LogP contribution in [0.5, 0.6) is 0 Å². The molecule has 0 bridgehead atoms. The van der Waals surface area contributed by atoms with Gasteiger partial charge in [-0.15, -0.1) is 0 Å². The van der Waals surface area contributed by atoms with Crippen LogP contribution in [0.1, 0.15) is 26.2 Å². The number of hydrazine groups is 1. The molecule has 0 saturated carbocycles. The summed E-state index contributed by atoms with van der Waals surface area (Å²) >= 11 is 0. The molecule has 7 heteroatoms. The Kier molecular flexibility index (Phi) is 6.45. The minimum atomic E-state index is -0.806. The highest BCUT2D eigenvalue weighted by Crippen LogP contribution is 2.00. The molecule has 0 aliphatic carbocycles. The highest BCUT2D eigenvalue weighted by Gasteiger charge is 2.14. The lowest BCUT2D eigenvalue weighted by molar-refractivity contribution is -0.137. The molecule has 0 radical (unpaired) electrons. The second kappa shape index (κ2) is 7.88. The molecule has 1 heterocycles. The maximum absolute atomic E-state index is 11.6. The van der Waals surface area contributed by atoms with Crippen LogP contribution in [0, 0.1) is 0 Å². The van der Waals surface area contributed by atoms with Crippen LogP contribution in [0.3, 0.4) is 0 Å². The topological polar surface area (TPSA) is 90.9 Å². The Morgan fingerprint density at radius 1 is 1.39 bits per heavy atom. The number of carbonyl (C=O) groups is 2. The molecule has 0 aromatic heterocycles. The number of hydrogen-bond donors (Lipinski definition) is 3. The number of rotatable bonds is 6. The second-order valence-electron chi connectivity index (χ2n) is 4.37. The lowest BCUT2D eigenvalue weighted by atomic mass is 10.1. The zero-order valence-electron chi connectivity index (χ0n) is 10.6. The highest BCUT2D eigenvalue weighted by molar-refractivity contribution is 5.73. The number of amides is 2. The van der Waals surface area contributed by atoms with Crippen LogP contribution >= 0.6 is 0 Å². The van der Waals surface area contributed by atoms with E-state index >= 15 is 0 Å². The van der Waals surface area contributed by atoms with Gasteiger partial charge in [-0.1, -0.05) is 0 Å². The molecule has 104 valence electrons. The minimum absolute atomic E-state index is 0.0367. The number of carboxylic acid groups (broad SMARTS) is 1. The zero-order valence-corrected chi connectivity index (χ0v) is 10.6. The van der Waals surface area contributed by atoms with Crippen LogP contribution in [0.25, 0.3) is 0 Å². The maximum atomic E-state index is 11.6. The SMILES string of the molecule is CC(CCCC(=O)O)NC(=O)NN1CCOCC1. The fourth-order valence-corrected chi connectivity index (χ4v) is 1.71. The van der Waals surface area contributed by atoms with Gasteiger partial charge in [0.1, 0.15) is 0 Å². The summed E-state index contributed by atoms with van der Waals surface area (Å²) in [6.07, 6.45) is 1.36. The molecule has 7 nitrogen and oxygen atoms in total. The molecule has 1 unspecified atom stereocenters. The molecule has 1 rings (SSSR count). The summed E-state index contributed by atoms with van der Waals surface area (Å²) < 4.78 is 5.17. The Morgan fingerprint density at radius 2 is 2.06 bits per heavy atom. The number of carbonyl (C=O) groups excluding carboxylic acids is 1. The molecule has 2 amide bonds. The van der Waals surface area contributed by atoms with E-state index in [-0.39, 0.29) is 18.5 Å². The molecule has 1 saturated heterocycles. The van der Waals surface area contributed by atoms with Crippen molar-refractivity contribution in [3.63, 3.8) is 0 Å². The molecule has 0 aromatic rings. The van der Waals surface area contributed by atoms with Crippen LogP contribution in [0.4, 0.5) is 4.79 Å². The summed E-state index contributed by atoms with van der Waals surface area (Å²) in [6, 6.07) is -0.287. The van der Waals surface area contributed by atoms with E-state index in [1.54, 1.807) is 0 Å². The third kappa shape index (κ3) is 6.41. The van der Waals surface area contributed by atoms with Crippen molar-refractivity contribution in [3.05, 3.63) is 0 Å². The average molecular weight is 259 g/mol. The number of nitrogens with one attached hydrogen (secondary N) is 2. The first-order chi connectivity index (χ1) is 8.58. The fourth-order valence-electron chi connectivity index (χ4n) is 1.71. The normalized spacial score (nSPS) is 18.1. The van der Waals surface area contributed by atoms with E-state index in [0.717, 1.165) is 0 Å². The van der Waals surface area contributed by atoms with Crippen LogP contribution in [0.15, 0.2) is 0 Å². The molecule has 0 aromatic carbocycles. The first-order valence-corrected chi connectivity index (χ1v) is 6.19. The molecule has 1 aliphatic rings. The van der Waals surface area contributed by atoms with Gasteiger partial charge in [0.25, 0.3) is 0 Å². The summed E-state index contributed by atoms with van der Waals surface area (Å²) in [5, 5.41) is 13.1. The highest BCUT2D eigenvalue weighted by atomic mass is 16.5. The van der Waals surface area contributed by atoms with Crippen molar-refractivity contribution in [1.82, 2.24) is 15.8 Å². The first kappa shape index (κ1) is 14.7. The average Bonchev–Trinajstić information content (AvgIpc) is 2.29. The van der Waals surface area contributed by atoms with Crippen molar-refractivity contribution < 1.29 is 19.4 Å². The van der Waals surface area contributed by atoms with Gasteiger partial charge in [-0.25, -0.2) is 9.80 Å². The predicted octanol–water partition coefficient (Wildman–Crippen LogP) is 0.176. The lowest BCUT2D eigenvalue weighted by Gasteiger charge is -2.27. The van der Waals surface area contributed by atoms with Crippen LogP contribution in [-0.4, -0.2) is 54.5 Å². The van der Waals surface area contributed by atoms with Crippen molar-refractivity contribution in [2.24, 2.45) is 0 Å². The smallest absolute Gasteiger partial charge is 0.329 e. The van der Waals surface area contributed by atoms with Gasteiger partial charge >= 0.3 is 12.0 Å². The molecule has 1 aliphatic heterocycles. The Hall–Kier alpha value is -1.34. The van der Waals surface area contributed by atoms with Gasteiger partial charge in [0.05, 0.1) is 13.2 Å². The molecule has 18 heavy (non-hydrogen) atoms. The number of hydrogen-bond acceptors (Lipinski definition) is 4. The molecule has 0 spiro atoms. The van der Waals surface area contributed by atoms with E-state index in [9.17, 15) is 9.59 Å². The number of ether oxygens (including phenoxy) is 1. The van der Waals surface area contributed by atoms with Gasteiger partial charge in [0.15, 0.2) is 0 Å². The van der Waals surface area contributed by atoms with E-state index in [1.807, 2.05) is 11.9 Å². The van der Waals surface area contributed by atoms with Crippen molar-refractivity contribution in [1.29, 1.82) is 0 Å². The number of carboxylic acids is 1. The lowest BCUT2D eigenvalue weighted by Crippen LogP contribution is -2.53. The van der Waals surface area contributed by atoms with E-state index in [1.165, 1.54) is 0 Å². The van der Waals surface area contributed by atoms with Gasteiger partial charge in [-0.05, 0) is 19.8 Å². The van der Waals surface area contributed by atoms with Gasteiger partial charge in [-0.2, -0.15) is 0 Å². The summed E-state index contributed by atoms with van der Waals surface area (Å²) in [5.74, 6) is -0.806. The predicted molar refractivity (Wildman–Crippen MR) is 65.0 cm³/mol. The zero-order chi connectivity index (χ0) is 13.4. The van der Waals surface area contributed by atoms with Crippen molar-refractivity contribution >= 4 is 12.0 Å². The number of aliphatic carboxylic acids is 1. The largest absolute Gasteiger partial charge is 0.481 e. The van der Waals surface area contributed by atoms with Gasteiger partial charge in [0, 0.05) is 25.6 Å². The van der Waals surface area contributed by atoms with Crippen LogP contribution in [-0.2, 0) is 9.53 Å². The summed E-state index contributed by atoms with van der Waals surface area (Å²) in [6.45, 7) is 4.46. The van der Waals surface area contributed by atoms with Crippen molar-refractivity contribution in [2.75, 3.05) is 26.3 Å². The fraction of sp³-hybridized carbons (Fsp3) is 0.818. The third-order valence-electron chi connectivity index (χ3n) is 2.68. The summed E-state index contributed by atoms with van der Waals surface area (Å²) in [7, 11) is 0. The van der Waals surface area contributed by atoms with Crippen LogP contribution in [0.2, 0.25) is 0 Å². The second-order valence-corrected chi connectivity index (χ2v) is 4.37. The Morgan fingerprint density at radius 3 is 2.67 bits per heavy atom. The summed E-state index contributed by atoms with van der Waals surface area (Å²) in [4.78, 5) is 21.9. The number of urea groups is 1. The molecule has 1 fully saturated rings. The molecule has 1 atom stereocenters. The maximum Gasteiger partial charge on any atom is 0.329 e. The first-order valence-electron chi connectivity index (χ1n) is 6.19. The Labute approximate surface area is 106 Å². The van der Waals surface area contributed by atoms with E-state index in [2.05, 4.69) is 10.7 Å². The van der Waals surface area contributed by atoms with Crippen LogP contribution < -0.4 is 10.7 Å². The third-order valence-corrected chi connectivity index (χ3v) is 2.68. The van der Waals surface area contributed by atoms with Crippen molar-refractivity contribution in [2.45, 2.75) is 32.2 Å². The number of nitrogens with zero attached hydrogens (tertiary/aromatic N) is 1. The number of morpholine rings is 1. The van der Waals surface area contributed by atoms with E-state index in [4.69, 9.17) is 9.84 Å². The quantitative estimate of drug-likeness (QED) is 0.633. The Balaban J connectivity index is 2.12. The van der Waals surface area contributed by atoms with E-state index < -0.39 is 5.97 Å². The monoisotopic (exact) mass is 259 g/mol. The van der Waals surface area contributed by atoms with Gasteiger partial charge in [-0.3, -0.25) is 10.2 Å².